The van der Waals surface area contributed by atoms with Gasteiger partial charge in [-0.15, -0.1) is 0 Å². The van der Waals surface area contributed by atoms with Gasteiger partial charge in [0.15, 0.2) is 0 Å². The van der Waals surface area contributed by atoms with E-state index >= 15 is 0 Å². The lowest BCUT2D eigenvalue weighted by atomic mass is 10.1. The molecule has 0 spiro atoms. The second kappa shape index (κ2) is 5.01. The van der Waals surface area contributed by atoms with Crippen LogP contribution in [0.5, 0.6) is 0 Å². The highest BCUT2D eigenvalue weighted by molar-refractivity contribution is 5.68. The van der Waals surface area contributed by atoms with E-state index in [0.717, 1.165) is 6.42 Å². The first-order valence-corrected chi connectivity index (χ1v) is 5.62. The van der Waals surface area contributed by atoms with Gasteiger partial charge in [0, 0.05) is 12.5 Å². The second-order valence-electron chi connectivity index (χ2n) is 5.26. The van der Waals surface area contributed by atoms with Crippen LogP contribution >= 0.6 is 0 Å². The van der Waals surface area contributed by atoms with Crippen molar-refractivity contribution in [3.05, 3.63) is 0 Å². The molecule has 3 N–H and O–H groups in total. The number of rotatable bonds is 2. The van der Waals surface area contributed by atoms with E-state index in [-0.39, 0.29) is 18.6 Å². The molecule has 1 aliphatic carbocycles. The Balaban J connectivity index is 2.41. The van der Waals surface area contributed by atoms with Gasteiger partial charge in [0.2, 0.25) is 0 Å². The molecule has 0 radical (unpaired) electrons. The summed E-state index contributed by atoms with van der Waals surface area (Å²) in [6.07, 6.45) is 0.191. The molecule has 5 nitrogen and oxygen atoms in total. The number of ether oxygens (including phenoxy) is 1. The number of aliphatic hydroxyl groups excluding tert-OH is 2. The van der Waals surface area contributed by atoms with Crippen LogP contribution in [0.1, 0.15) is 33.6 Å². The maximum absolute atomic E-state index is 11.4. The second-order valence-corrected chi connectivity index (χ2v) is 5.26. The van der Waals surface area contributed by atoms with E-state index in [9.17, 15) is 9.90 Å². The van der Waals surface area contributed by atoms with Crippen molar-refractivity contribution in [1.82, 2.24) is 5.32 Å². The normalized spacial score (nSPS) is 30.2. The molecule has 1 rings (SSSR count). The molecule has 1 saturated carbocycles. The first kappa shape index (κ1) is 13.3. The smallest absolute Gasteiger partial charge is 0.407 e. The maximum Gasteiger partial charge on any atom is 0.407 e. The van der Waals surface area contributed by atoms with E-state index in [2.05, 4.69) is 5.32 Å². The van der Waals surface area contributed by atoms with Crippen LogP contribution in [0.2, 0.25) is 0 Å². The average molecular weight is 231 g/mol. The van der Waals surface area contributed by atoms with Crippen LogP contribution in [0.25, 0.3) is 0 Å². The summed E-state index contributed by atoms with van der Waals surface area (Å²) in [5.74, 6) is -0.139. The molecule has 0 heterocycles. The molecule has 0 bridgehead atoms. The van der Waals surface area contributed by atoms with Crippen molar-refractivity contribution >= 4 is 6.09 Å². The van der Waals surface area contributed by atoms with Gasteiger partial charge in [-0.3, -0.25) is 0 Å². The predicted molar refractivity (Wildman–Crippen MR) is 59.0 cm³/mol. The number of carbonyl (C=O) groups excluding carboxylic acids is 1. The van der Waals surface area contributed by atoms with Crippen molar-refractivity contribution in [1.29, 1.82) is 0 Å². The molecule has 0 aromatic rings. The summed E-state index contributed by atoms with van der Waals surface area (Å²) in [6, 6.07) is -0.313. The summed E-state index contributed by atoms with van der Waals surface area (Å²) in [7, 11) is 0. The number of alkyl carbamates (subject to hydrolysis) is 1. The largest absolute Gasteiger partial charge is 0.444 e. The van der Waals surface area contributed by atoms with Crippen molar-refractivity contribution < 1.29 is 19.7 Å². The van der Waals surface area contributed by atoms with Gasteiger partial charge in [-0.05, 0) is 33.6 Å². The third-order valence-corrected chi connectivity index (χ3v) is 2.68. The molecule has 94 valence electrons. The van der Waals surface area contributed by atoms with E-state index in [1.54, 1.807) is 20.8 Å². The van der Waals surface area contributed by atoms with Crippen LogP contribution in [-0.2, 0) is 4.74 Å². The van der Waals surface area contributed by atoms with Crippen LogP contribution < -0.4 is 5.32 Å². The highest BCUT2D eigenvalue weighted by atomic mass is 16.6. The molecular formula is C11H21NO4. The van der Waals surface area contributed by atoms with Gasteiger partial charge in [-0.25, -0.2) is 4.79 Å². The fraction of sp³-hybridized carbons (Fsp3) is 0.909. The number of hydrogen-bond donors (Lipinski definition) is 3. The van der Waals surface area contributed by atoms with Crippen molar-refractivity contribution in [2.24, 2.45) is 5.92 Å². The van der Waals surface area contributed by atoms with Gasteiger partial charge in [-0.2, -0.15) is 0 Å². The molecule has 1 fully saturated rings. The Morgan fingerprint density at radius 1 is 1.44 bits per heavy atom. The van der Waals surface area contributed by atoms with E-state index in [1.165, 1.54) is 0 Å². The van der Waals surface area contributed by atoms with Crippen molar-refractivity contribution in [2.45, 2.75) is 51.4 Å². The molecule has 3 atom stereocenters. The standard InChI is InChI=1S/C11H21NO4/c1-11(2,3)16-10(15)12-8-5-4-7(6-13)9(8)14/h7-9,13-14H,4-6H2,1-3H3,(H,12,15)/t7-,8?,9-/m1/s1. The van der Waals surface area contributed by atoms with Gasteiger partial charge >= 0.3 is 6.09 Å². The number of amides is 1. The Kier molecular flexibility index (Phi) is 4.15. The van der Waals surface area contributed by atoms with E-state index in [0.29, 0.717) is 6.42 Å². The van der Waals surface area contributed by atoms with Gasteiger partial charge < -0.3 is 20.3 Å². The topological polar surface area (TPSA) is 78.8 Å². The highest BCUT2D eigenvalue weighted by Gasteiger charge is 2.35. The minimum absolute atomic E-state index is 0.0480. The third kappa shape index (κ3) is 3.64. The Bertz CT molecular complexity index is 249. The van der Waals surface area contributed by atoms with Gasteiger partial charge in [0.05, 0.1) is 12.1 Å². The van der Waals surface area contributed by atoms with Crippen molar-refractivity contribution in [2.75, 3.05) is 6.61 Å². The zero-order chi connectivity index (χ0) is 12.3. The molecule has 0 aromatic carbocycles. The molecule has 0 aromatic heterocycles. The number of carbonyl (C=O) groups is 1. The van der Waals surface area contributed by atoms with E-state index in [1.807, 2.05) is 0 Å². The summed E-state index contributed by atoms with van der Waals surface area (Å²) in [5, 5.41) is 21.4. The number of hydrogen-bond acceptors (Lipinski definition) is 4. The number of nitrogens with one attached hydrogen (secondary N) is 1. The monoisotopic (exact) mass is 231 g/mol. The molecule has 1 amide bonds. The van der Waals surface area contributed by atoms with Crippen molar-refractivity contribution in [3.63, 3.8) is 0 Å². The Hall–Kier alpha value is -0.810. The van der Waals surface area contributed by atoms with Gasteiger partial charge in [0.1, 0.15) is 5.60 Å². The van der Waals surface area contributed by atoms with E-state index in [4.69, 9.17) is 9.84 Å². The van der Waals surface area contributed by atoms with Crippen LogP contribution in [0.4, 0.5) is 4.79 Å². The van der Waals surface area contributed by atoms with Gasteiger partial charge in [-0.1, -0.05) is 0 Å². The average Bonchev–Trinajstić information content (AvgIpc) is 2.44. The fourth-order valence-electron chi connectivity index (χ4n) is 1.88. The van der Waals surface area contributed by atoms with Crippen LogP contribution in [0.3, 0.4) is 0 Å². The van der Waals surface area contributed by atoms with Crippen molar-refractivity contribution in [3.8, 4) is 0 Å². The lowest BCUT2D eigenvalue weighted by Gasteiger charge is -2.23. The summed E-state index contributed by atoms with van der Waals surface area (Å²) in [6.45, 7) is 5.31. The first-order chi connectivity index (χ1) is 7.33. The SMILES string of the molecule is CC(C)(C)OC(=O)NC1CC[C@H](CO)[C@H]1O. The van der Waals surface area contributed by atoms with Crippen LogP contribution in [-0.4, -0.2) is 40.7 Å². The Morgan fingerprint density at radius 3 is 2.50 bits per heavy atom. The zero-order valence-electron chi connectivity index (χ0n) is 10.1. The molecule has 16 heavy (non-hydrogen) atoms. The first-order valence-electron chi connectivity index (χ1n) is 5.62. The summed E-state index contributed by atoms with van der Waals surface area (Å²) >= 11 is 0. The molecular weight excluding hydrogens is 210 g/mol. The summed E-state index contributed by atoms with van der Waals surface area (Å²) < 4.78 is 5.09. The molecule has 5 heteroatoms. The maximum atomic E-state index is 11.4. The fourth-order valence-corrected chi connectivity index (χ4v) is 1.88. The zero-order valence-corrected chi connectivity index (χ0v) is 10.1. The third-order valence-electron chi connectivity index (χ3n) is 2.68. The lowest BCUT2D eigenvalue weighted by Crippen LogP contribution is -2.44. The minimum atomic E-state index is -0.683. The Labute approximate surface area is 95.8 Å². The predicted octanol–water partition coefficient (Wildman–Crippen LogP) is 0.643. The summed E-state index contributed by atoms with van der Waals surface area (Å²) in [4.78, 5) is 11.4. The molecule has 0 saturated heterocycles. The van der Waals surface area contributed by atoms with E-state index < -0.39 is 17.8 Å². The van der Waals surface area contributed by atoms with Crippen LogP contribution in [0.15, 0.2) is 0 Å². The van der Waals surface area contributed by atoms with Gasteiger partial charge in [0.25, 0.3) is 0 Å². The molecule has 1 aliphatic rings. The Morgan fingerprint density at radius 2 is 2.06 bits per heavy atom. The molecule has 0 aliphatic heterocycles. The highest BCUT2D eigenvalue weighted by Crippen LogP contribution is 2.25. The number of aliphatic hydroxyl groups is 2. The molecule has 1 unspecified atom stereocenters. The minimum Gasteiger partial charge on any atom is -0.444 e. The summed E-state index contributed by atoms with van der Waals surface area (Å²) in [5.41, 5.74) is -0.538. The van der Waals surface area contributed by atoms with Crippen LogP contribution in [0, 0.1) is 5.92 Å². The lowest BCUT2D eigenvalue weighted by molar-refractivity contribution is 0.0374. The quantitative estimate of drug-likeness (QED) is 0.651.